The minimum absolute atomic E-state index is 0.0741. The Bertz CT molecular complexity index is 450. The van der Waals surface area contributed by atoms with Crippen molar-refractivity contribution in [3.05, 3.63) is 22.8 Å². The predicted molar refractivity (Wildman–Crippen MR) is 79.8 cm³/mol. The molecule has 0 amide bonds. The van der Waals surface area contributed by atoms with Crippen LogP contribution in [0.2, 0.25) is 5.02 Å². The molecule has 1 aromatic rings. The second-order valence-electron chi connectivity index (χ2n) is 4.48. The van der Waals surface area contributed by atoms with Crippen molar-refractivity contribution in [1.29, 1.82) is 0 Å². The molecule has 112 valence electrons. The van der Waals surface area contributed by atoms with Crippen molar-refractivity contribution in [2.24, 2.45) is 0 Å². The third-order valence-electron chi connectivity index (χ3n) is 3.29. The fourth-order valence-corrected chi connectivity index (χ4v) is 2.34. The number of carboxylic acid groups (broad SMARTS) is 1. The van der Waals surface area contributed by atoms with Crippen LogP contribution in [0.15, 0.2) is 12.3 Å². The monoisotopic (exact) mass is 300 g/mol. The average molecular weight is 301 g/mol. The summed E-state index contributed by atoms with van der Waals surface area (Å²) in [4.78, 5) is 17.5. The van der Waals surface area contributed by atoms with E-state index in [4.69, 9.17) is 21.4 Å². The molecule has 6 heteroatoms. The van der Waals surface area contributed by atoms with E-state index in [-0.39, 0.29) is 10.6 Å². The van der Waals surface area contributed by atoms with Crippen LogP contribution in [0.3, 0.4) is 0 Å². The first-order chi connectivity index (χ1) is 9.54. The summed E-state index contributed by atoms with van der Waals surface area (Å²) in [5.74, 6) is -0.424. The highest BCUT2D eigenvalue weighted by Crippen LogP contribution is 2.23. The van der Waals surface area contributed by atoms with Gasteiger partial charge in [0.15, 0.2) is 0 Å². The topological polar surface area (TPSA) is 62.7 Å². The summed E-state index contributed by atoms with van der Waals surface area (Å²) in [7, 11) is 1.64. The summed E-state index contributed by atoms with van der Waals surface area (Å²) in [6.07, 6.45) is 3.29. The third-order valence-corrected chi connectivity index (χ3v) is 3.59. The van der Waals surface area contributed by atoms with Crippen LogP contribution in [0, 0.1) is 0 Å². The molecular weight excluding hydrogens is 280 g/mol. The summed E-state index contributed by atoms with van der Waals surface area (Å²) >= 11 is 5.86. The Morgan fingerprint density at radius 1 is 1.50 bits per heavy atom. The summed E-state index contributed by atoms with van der Waals surface area (Å²) in [6, 6.07) is 1.82. The van der Waals surface area contributed by atoms with Gasteiger partial charge in [0.05, 0.1) is 17.2 Å². The second-order valence-corrected chi connectivity index (χ2v) is 4.89. The van der Waals surface area contributed by atoms with Gasteiger partial charge in [-0.05, 0) is 18.9 Å². The Kier molecular flexibility index (Phi) is 6.75. The van der Waals surface area contributed by atoms with E-state index in [0.29, 0.717) is 25.0 Å². The highest BCUT2D eigenvalue weighted by molar-refractivity contribution is 6.33. The molecule has 0 atom stereocenters. The number of aromatic nitrogens is 1. The molecule has 1 rings (SSSR count). The van der Waals surface area contributed by atoms with Gasteiger partial charge in [0.2, 0.25) is 0 Å². The van der Waals surface area contributed by atoms with Gasteiger partial charge in [0, 0.05) is 25.9 Å². The number of hydrogen-bond acceptors (Lipinski definition) is 4. The summed E-state index contributed by atoms with van der Waals surface area (Å²) in [5, 5.41) is 9.30. The molecule has 0 aliphatic heterocycles. The Morgan fingerprint density at radius 2 is 2.15 bits per heavy atom. The maximum Gasteiger partial charge on any atom is 0.337 e. The lowest BCUT2D eigenvalue weighted by Crippen LogP contribution is -2.37. The number of halogens is 1. The summed E-state index contributed by atoms with van der Waals surface area (Å²) in [6.45, 7) is 5.42. The molecule has 0 aliphatic carbocycles. The standard InChI is InChI=1S/C14H21ClN2O3/c1-4-10(5-2)17(6-7-20-3)13-8-11(14(18)19)12(15)9-16-13/h8-10H,4-7H2,1-3H3,(H,18,19). The van der Waals surface area contributed by atoms with Gasteiger partial charge in [-0.15, -0.1) is 0 Å². The Morgan fingerprint density at radius 3 is 2.65 bits per heavy atom. The number of nitrogens with zero attached hydrogens (tertiary/aromatic N) is 2. The molecule has 0 saturated heterocycles. The van der Waals surface area contributed by atoms with E-state index in [1.54, 1.807) is 7.11 Å². The van der Waals surface area contributed by atoms with E-state index in [0.717, 1.165) is 12.8 Å². The van der Waals surface area contributed by atoms with Crippen LogP contribution < -0.4 is 4.90 Å². The van der Waals surface area contributed by atoms with Crippen molar-refractivity contribution in [2.75, 3.05) is 25.2 Å². The number of ether oxygens (including phenoxy) is 1. The minimum Gasteiger partial charge on any atom is -0.478 e. The molecule has 1 heterocycles. The zero-order valence-corrected chi connectivity index (χ0v) is 12.9. The fourth-order valence-electron chi connectivity index (χ4n) is 2.15. The Labute approximate surface area is 124 Å². The van der Waals surface area contributed by atoms with Gasteiger partial charge >= 0.3 is 5.97 Å². The quantitative estimate of drug-likeness (QED) is 0.799. The molecule has 1 N–H and O–H groups in total. The predicted octanol–water partition coefficient (Wildman–Crippen LogP) is 3.07. The summed E-state index contributed by atoms with van der Waals surface area (Å²) < 4.78 is 5.12. The minimum atomic E-state index is -1.05. The smallest absolute Gasteiger partial charge is 0.337 e. The van der Waals surface area contributed by atoms with Crippen LogP contribution in [-0.4, -0.2) is 42.4 Å². The lowest BCUT2D eigenvalue weighted by Gasteiger charge is -2.31. The lowest BCUT2D eigenvalue weighted by atomic mass is 10.1. The average Bonchev–Trinajstić information content (AvgIpc) is 2.44. The molecule has 0 fully saturated rings. The number of carboxylic acids is 1. The molecule has 5 nitrogen and oxygen atoms in total. The van der Waals surface area contributed by atoms with E-state index >= 15 is 0 Å². The van der Waals surface area contributed by atoms with E-state index in [2.05, 4.69) is 23.7 Å². The molecular formula is C14H21ClN2O3. The van der Waals surface area contributed by atoms with E-state index < -0.39 is 5.97 Å². The lowest BCUT2D eigenvalue weighted by molar-refractivity contribution is 0.0697. The number of rotatable bonds is 8. The van der Waals surface area contributed by atoms with Crippen molar-refractivity contribution >= 4 is 23.4 Å². The molecule has 1 aromatic heterocycles. The van der Waals surface area contributed by atoms with Crippen LogP contribution in [0.1, 0.15) is 37.0 Å². The van der Waals surface area contributed by atoms with Crippen molar-refractivity contribution < 1.29 is 14.6 Å². The van der Waals surface area contributed by atoms with Crippen LogP contribution in [0.4, 0.5) is 5.82 Å². The molecule has 0 bridgehead atoms. The first-order valence-electron chi connectivity index (χ1n) is 6.69. The Balaban J connectivity index is 3.12. The highest BCUT2D eigenvalue weighted by atomic mass is 35.5. The van der Waals surface area contributed by atoms with Crippen LogP contribution >= 0.6 is 11.6 Å². The van der Waals surface area contributed by atoms with E-state index in [1.165, 1.54) is 12.3 Å². The van der Waals surface area contributed by atoms with E-state index in [9.17, 15) is 4.79 Å². The number of anilines is 1. The normalized spacial score (nSPS) is 10.8. The fraction of sp³-hybridized carbons (Fsp3) is 0.571. The maximum atomic E-state index is 11.2. The largest absolute Gasteiger partial charge is 0.478 e. The molecule has 0 unspecified atom stereocenters. The Hall–Kier alpha value is -1.33. The number of aromatic carboxylic acids is 1. The second kappa shape index (κ2) is 8.07. The zero-order valence-electron chi connectivity index (χ0n) is 12.1. The number of pyridine rings is 1. The van der Waals surface area contributed by atoms with E-state index in [1.807, 2.05) is 0 Å². The SMILES string of the molecule is CCC(CC)N(CCOC)c1cc(C(=O)O)c(Cl)cn1. The third kappa shape index (κ3) is 4.08. The number of hydrogen-bond donors (Lipinski definition) is 1. The first-order valence-corrected chi connectivity index (χ1v) is 7.07. The highest BCUT2D eigenvalue weighted by Gasteiger charge is 2.19. The van der Waals surface area contributed by atoms with Crippen molar-refractivity contribution in [2.45, 2.75) is 32.7 Å². The van der Waals surface area contributed by atoms with Crippen molar-refractivity contribution in [3.8, 4) is 0 Å². The molecule has 0 aromatic carbocycles. The van der Waals surface area contributed by atoms with Crippen LogP contribution in [-0.2, 0) is 4.74 Å². The van der Waals surface area contributed by atoms with Crippen LogP contribution in [0.25, 0.3) is 0 Å². The zero-order chi connectivity index (χ0) is 15.1. The molecule has 0 aliphatic rings. The van der Waals surface area contributed by atoms with Gasteiger partial charge in [-0.2, -0.15) is 0 Å². The van der Waals surface area contributed by atoms with Gasteiger partial charge in [0.25, 0.3) is 0 Å². The van der Waals surface area contributed by atoms with Gasteiger partial charge < -0.3 is 14.7 Å². The molecule has 0 radical (unpaired) electrons. The van der Waals surface area contributed by atoms with Gasteiger partial charge in [-0.3, -0.25) is 0 Å². The van der Waals surface area contributed by atoms with Crippen molar-refractivity contribution in [3.63, 3.8) is 0 Å². The van der Waals surface area contributed by atoms with Crippen molar-refractivity contribution in [1.82, 2.24) is 4.98 Å². The molecule has 20 heavy (non-hydrogen) atoms. The number of carbonyl (C=O) groups is 1. The van der Waals surface area contributed by atoms with Gasteiger partial charge in [-0.25, -0.2) is 9.78 Å². The molecule has 0 spiro atoms. The van der Waals surface area contributed by atoms with Crippen LogP contribution in [0.5, 0.6) is 0 Å². The molecule has 0 saturated carbocycles. The maximum absolute atomic E-state index is 11.2. The summed E-state index contributed by atoms with van der Waals surface area (Å²) in [5.41, 5.74) is 0.0741. The first kappa shape index (κ1) is 16.7. The number of methoxy groups -OCH3 is 1. The van der Waals surface area contributed by atoms with Gasteiger partial charge in [-0.1, -0.05) is 25.4 Å². The van der Waals surface area contributed by atoms with Gasteiger partial charge in [0.1, 0.15) is 5.82 Å².